The van der Waals surface area contributed by atoms with Gasteiger partial charge in [0, 0.05) is 0 Å². The molecule has 0 aliphatic rings. The molecule has 0 amide bonds. The normalized spacial score (nSPS) is 18.6. The summed E-state index contributed by atoms with van der Waals surface area (Å²) < 4.78 is 32.5. The number of carbonyl (C=O) groups is 1. The smallest absolute Gasteiger partial charge is 0.862 e. The second-order valence-electron chi connectivity index (χ2n) is 3.54. The summed E-state index contributed by atoms with van der Waals surface area (Å²) in [6.07, 6.45) is -5.81. The van der Waals surface area contributed by atoms with Crippen LogP contribution in [0.5, 0.6) is 0 Å². The van der Waals surface area contributed by atoms with Crippen molar-refractivity contribution in [1.82, 2.24) is 0 Å². The van der Waals surface area contributed by atoms with Crippen molar-refractivity contribution in [2.45, 2.75) is 31.3 Å². The fourth-order valence-corrected chi connectivity index (χ4v) is 1.39. The van der Waals surface area contributed by atoms with Crippen molar-refractivity contribution in [2.24, 2.45) is 4.99 Å². The summed E-state index contributed by atoms with van der Waals surface area (Å²) in [5, 5.41) is 38.8. The summed E-state index contributed by atoms with van der Waals surface area (Å²) >= 11 is 0. The molecule has 112 valence electrons. The first-order chi connectivity index (χ1) is 8.58. The van der Waals surface area contributed by atoms with E-state index in [1.54, 1.807) is 0 Å². The van der Waals surface area contributed by atoms with Crippen LogP contribution in [0.2, 0.25) is 0 Å². The van der Waals surface area contributed by atoms with Gasteiger partial charge in [0.15, 0.2) is 0 Å². The molecule has 0 heterocycles. The van der Waals surface area contributed by atoms with E-state index < -0.39 is 47.3 Å². The van der Waals surface area contributed by atoms with E-state index in [0.29, 0.717) is 0 Å². The molecule has 20 heavy (non-hydrogen) atoms. The molecule has 0 aliphatic heterocycles. The second-order valence-corrected chi connectivity index (χ2v) is 4.63. The first kappa shape index (κ1) is 22.2. The number of hydrogen-bond acceptors (Lipinski definition) is 9. The van der Waals surface area contributed by atoms with E-state index in [4.69, 9.17) is 4.55 Å². The monoisotopic (exact) mass is 323 g/mol. The minimum Gasteiger partial charge on any atom is -0.862 e. The summed E-state index contributed by atoms with van der Waals surface area (Å²) in [6, 6.07) is -1.62. The van der Waals surface area contributed by atoms with E-state index in [2.05, 4.69) is 9.18 Å². The van der Waals surface area contributed by atoms with Crippen molar-refractivity contribution in [3.63, 3.8) is 0 Å². The maximum absolute atomic E-state index is 10.6. The van der Waals surface area contributed by atoms with Crippen LogP contribution in [0.4, 0.5) is 0 Å². The van der Waals surface area contributed by atoms with Gasteiger partial charge in [-0.2, -0.15) is 8.42 Å². The van der Waals surface area contributed by atoms with E-state index in [0.717, 1.165) is 6.92 Å². The van der Waals surface area contributed by atoms with Crippen molar-refractivity contribution in [3.05, 3.63) is 0 Å². The maximum atomic E-state index is 10.6. The largest absolute Gasteiger partial charge is 1.00 e. The number of hydrogen-bond donors (Lipinski definition) is 4. The summed E-state index contributed by atoms with van der Waals surface area (Å²) in [6.45, 7) is -0.0455. The molecule has 0 saturated heterocycles. The average molecular weight is 323 g/mol. The van der Waals surface area contributed by atoms with E-state index in [9.17, 15) is 33.6 Å². The zero-order chi connectivity index (χ0) is 15.2. The molecule has 0 spiro atoms. The number of carbonyl (C=O) groups excluding carboxylic acids is 1. The Labute approximate surface area is 137 Å². The first-order valence-corrected chi connectivity index (χ1v) is 6.27. The van der Waals surface area contributed by atoms with Gasteiger partial charge >= 0.3 is 40.0 Å². The molecule has 0 radical (unpaired) electrons. The third-order valence-electron chi connectivity index (χ3n) is 1.95. The van der Waals surface area contributed by atoms with Gasteiger partial charge in [-0.15, -0.1) is 0 Å². The van der Waals surface area contributed by atoms with Crippen LogP contribution in [0, 0.1) is 0 Å². The second kappa shape index (κ2) is 9.76. The molecule has 4 atom stereocenters. The van der Waals surface area contributed by atoms with Gasteiger partial charge in [0.2, 0.25) is 0 Å². The van der Waals surface area contributed by atoms with Crippen LogP contribution in [-0.2, 0) is 19.4 Å². The molecule has 0 bridgehead atoms. The minimum atomic E-state index is -4.82. The summed E-state index contributed by atoms with van der Waals surface area (Å²) in [5.41, 5.74) is 0. The Bertz CT molecular complexity index is 422. The molecule has 0 saturated carbocycles. The summed E-state index contributed by atoms with van der Waals surface area (Å²) in [5.74, 6) is -0.785. The molecule has 0 aromatic heterocycles. The molecule has 4 N–H and O–H groups in total. The van der Waals surface area contributed by atoms with Gasteiger partial charge < -0.3 is 25.2 Å². The molecular formula is C8H14NNaO9S. The standard InChI is InChI=1S/C8H15NO9S.Na/c1-4(11)9-5(2-10)7(13)8(14)6(12)3-18-19(15,16)17;/h2,5-8,12-14H,3H2,1H3,(H,9,11)(H,15,16,17);/q;+1/p-1/t5-,6+,7+,8+;/m0./s1. The number of aliphatic hydroxyl groups excluding tert-OH is 3. The Morgan fingerprint density at radius 2 is 1.85 bits per heavy atom. The van der Waals surface area contributed by atoms with Gasteiger partial charge in [-0.05, 0) is 12.8 Å². The van der Waals surface area contributed by atoms with Gasteiger partial charge in [0.05, 0.1) is 6.61 Å². The Hall–Kier alpha value is -0.110. The van der Waals surface area contributed by atoms with Crippen LogP contribution < -0.4 is 34.7 Å². The van der Waals surface area contributed by atoms with Crippen LogP contribution in [0.3, 0.4) is 0 Å². The van der Waals surface area contributed by atoms with Crippen LogP contribution in [-0.4, -0.2) is 71.4 Å². The van der Waals surface area contributed by atoms with Gasteiger partial charge in [0.1, 0.15) is 30.6 Å². The molecular weight excluding hydrogens is 309 g/mol. The van der Waals surface area contributed by atoms with Gasteiger partial charge in [0.25, 0.3) is 0 Å². The first-order valence-electron chi connectivity index (χ1n) is 4.91. The maximum Gasteiger partial charge on any atom is 1.00 e. The molecule has 0 aromatic rings. The molecule has 0 rings (SSSR count). The summed E-state index contributed by atoms with van der Waals surface area (Å²) in [7, 11) is -4.82. The van der Waals surface area contributed by atoms with Crippen molar-refractivity contribution < 1.29 is 71.9 Å². The SMILES string of the molecule is CC([O-])=N[C@@H](C=O)[C@@H](O)[C@H](O)[C@H](O)COS(=O)(=O)O.[Na+]. The molecule has 10 nitrogen and oxygen atoms in total. The molecule has 0 fully saturated rings. The number of aliphatic imine (C=N–C) groups is 1. The fraction of sp³-hybridized carbons (Fsp3) is 0.750. The van der Waals surface area contributed by atoms with Gasteiger partial charge in [-0.25, -0.2) is 4.18 Å². The Morgan fingerprint density at radius 1 is 1.35 bits per heavy atom. The molecule has 0 aromatic carbocycles. The van der Waals surface area contributed by atoms with Crippen molar-refractivity contribution >= 4 is 22.6 Å². The predicted molar refractivity (Wildman–Crippen MR) is 58.5 cm³/mol. The molecule has 0 aliphatic carbocycles. The zero-order valence-electron chi connectivity index (χ0n) is 10.8. The van der Waals surface area contributed by atoms with Crippen molar-refractivity contribution in [3.8, 4) is 0 Å². The Morgan fingerprint density at radius 3 is 2.20 bits per heavy atom. The van der Waals surface area contributed by atoms with Gasteiger partial charge in [-0.1, -0.05) is 0 Å². The van der Waals surface area contributed by atoms with E-state index in [-0.39, 0.29) is 35.8 Å². The third-order valence-corrected chi connectivity index (χ3v) is 2.39. The summed E-state index contributed by atoms with van der Waals surface area (Å²) in [4.78, 5) is 13.7. The van der Waals surface area contributed by atoms with Crippen LogP contribution in [0.15, 0.2) is 4.99 Å². The number of aldehydes is 1. The van der Waals surface area contributed by atoms with Crippen LogP contribution in [0.1, 0.15) is 6.92 Å². The van der Waals surface area contributed by atoms with Crippen LogP contribution in [0.25, 0.3) is 0 Å². The predicted octanol–water partition coefficient (Wildman–Crippen LogP) is -6.76. The fourth-order valence-electron chi connectivity index (χ4n) is 1.08. The quantitative estimate of drug-likeness (QED) is 0.111. The van der Waals surface area contributed by atoms with Crippen LogP contribution >= 0.6 is 0 Å². The van der Waals surface area contributed by atoms with E-state index >= 15 is 0 Å². The topological polar surface area (TPSA) is 177 Å². The number of aliphatic hydroxyl groups is 3. The molecule has 12 heteroatoms. The number of nitrogens with zero attached hydrogens (tertiary/aromatic N) is 1. The average Bonchev–Trinajstić information content (AvgIpc) is 2.29. The number of rotatable bonds is 8. The van der Waals surface area contributed by atoms with E-state index in [1.807, 2.05) is 0 Å². The van der Waals surface area contributed by atoms with Crippen molar-refractivity contribution in [2.75, 3.05) is 6.61 Å². The Balaban J connectivity index is 0. The third kappa shape index (κ3) is 8.94. The molecule has 0 unspecified atom stereocenters. The van der Waals surface area contributed by atoms with Gasteiger partial charge in [-0.3, -0.25) is 9.55 Å². The van der Waals surface area contributed by atoms with Crippen molar-refractivity contribution in [1.29, 1.82) is 0 Å². The Kier molecular flexibility index (Phi) is 10.8. The van der Waals surface area contributed by atoms with E-state index in [1.165, 1.54) is 0 Å². The zero-order valence-corrected chi connectivity index (χ0v) is 13.6. The minimum absolute atomic E-state index is 0.